The van der Waals surface area contributed by atoms with Crippen molar-refractivity contribution < 1.29 is 23.9 Å². The molecule has 5 aromatic carbocycles. The number of aryl methyl sites for hydroxylation is 2. The summed E-state index contributed by atoms with van der Waals surface area (Å²) in [6.07, 6.45) is 0. The lowest BCUT2D eigenvalue weighted by Crippen LogP contribution is -2.45. The summed E-state index contributed by atoms with van der Waals surface area (Å²) in [6.45, 7) is 5.94. The number of ether oxygens (including phenoxy) is 1. The van der Waals surface area contributed by atoms with Crippen molar-refractivity contribution in [3.63, 3.8) is 0 Å². The van der Waals surface area contributed by atoms with Gasteiger partial charge >= 0.3 is 5.97 Å². The third-order valence-corrected chi connectivity index (χ3v) is 10.7. The van der Waals surface area contributed by atoms with Crippen LogP contribution < -0.4 is 4.90 Å². The highest BCUT2D eigenvalue weighted by atomic mass is 16.5. The molecule has 1 heterocycles. The summed E-state index contributed by atoms with van der Waals surface area (Å²) in [5.41, 5.74) is 4.08. The van der Waals surface area contributed by atoms with Crippen LogP contribution in [-0.2, 0) is 30.0 Å². The molecular formula is C44H35NO5. The highest BCUT2D eigenvalue weighted by molar-refractivity contribution is 6.39. The van der Waals surface area contributed by atoms with E-state index < -0.39 is 40.4 Å². The van der Waals surface area contributed by atoms with Gasteiger partial charge in [0.2, 0.25) is 11.8 Å². The SMILES string of the molecule is CCOC(=O)c1cccc(N2C(=O)[C@H]3[C@H](C2=O)[C@@]2(c4ccccc4)C(=O)[C@@]3(c3ccccc3)C(c3ccc(C)cc3)=C2c2ccc(C)cc2)c1. The van der Waals surface area contributed by atoms with Crippen LogP contribution >= 0.6 is 0 Å². The van der Waals surface area contributed by atoms with E-state index in [0.717, 1.165) is 33.4 Å². The lowest BCUT2D eigenvalue weighted by Gasteiger charge is -2.39. The van der Waals surface area contributed by atoms with Gasteiger partial charge in [-0.15, -0.1) is 0 Å². The van der Waals surface area contributed by atoms with Crippen LogP contribution in [0.15, 0.2) is 133 Å². The van der Waals surface area contributed by atoms with E-state index in [9.17, 15) is 4.79 Å². The molecule has 3 aliphatic rings. The largest absolute Gasteiger partial charge is 0.462 e. The third-order valence-electron chi connectivity index (χ3n) is 10.7. The molecule has 246 valence electrons. The van der Waals surface area contributed by atoms with Crippen molar-refractivity contribution in [2.24, 2.45) is 11.8 Å². The van der Waals surface area contributed by atoms with Gasteiger partial charge in [-0.25, -0.2) is 9.69 Å². The predicted molar refractivity (Wildman–Crippen MR) is 192 cm³/mol. The Labute approximate surface area is 291 Å². The third kappa shape index (κ3) is 4.14. The highest BCUT2D eigenvalue weighted by Gasteiger charge is 2.82. The van der Waals surface area contributed by atoms with Crippen LogP contribution in [0.25, 0.3) is 11.1 Å². The van der Waals surface area contributed by atoms with Gasteiger partial charge in [0.25, 0.3) is 0 Å². The molecule has 8 rings (SSSR count). The van der Waals surface area contributed by atoms with E-state index in [1.165, 1.54) is 11.0 Å². The van der Waals surface area contributed by atoms with Crippen LogP contribution in [0.5, 0.6) is 0 Å². The zero-order valence-electron chi connectivity index (χ0n) is 28.1. The average Bonchev–Trinajstić information content (AvgIpc) is 3.65. The number of fused-ring (bicyclic) bond motifs is 5. The Morgan fingerprint density at radius 1 is 0.620 bits per heavy atom. The van der Waals surface area contributed by atoms with E-state index >= 15 is 14.4 Å². The van der Waals surface area contributed by atoms with Gasteiger partial charge in [-0.05, 0) is 72.4 Å². The van der Waals surface area contributed by atoms with Crippen molar-refractivity contribution >= 4 is 40.4 Å². The minimum absolute atomic E-state index is 0.176. The number of anilines is 1. The number of rotatable bonds is 7. The maximum atomic E-state index is 16.1. The Morgan fingerprint density at radius 2 is 1.08 bits per heavy atom. The number of nitrogens with zero attached hydrogens (tertiary/aromatic N) is 1. The molecule has 4 atom stereocenters. The number of hydrogen-bond acceptors (Lipinski definition) is 5. The van der Waals surface area contributed by atoms with E-state index in [4.69, 9.17) is 4.74 Å². The molecule has 2 amide bonds. The lowest BCUT2D eigenvalue weighted by atomic mass is 9.59. The molecule has 1 saturated heterocycles. The van der Waals surface area contributed by atoms with Gasteiger partial charge in [-0.1, -0.05) is 126 Å². The minimum Gasteiger partial charge on any atom is -0.462 e. The molecule has 2 fully saturated rings. The zero-order chi connectivity index (χ0) is 34.8. The van der Waals surface area contributed by atoms with E-state index in [2.05, 4.69) is 0 Å². The van der Waals surface area contributed by atoms with Crippen LogP contribution in [0.4, 0.5) is 5.69 Å². The quantitative estimate of drug-likeness (QED) is 0.133. The standard InChI is InChI=1S/C44H35NO5/c1-4-50-41(48)31-12-11-17-34(26-31)45-39(46)37-38(40(45)47)44(33-15-9-6-10-16-33)36(30-24-20-28(3)21-25-30)35(29-22-18-27(2)19-23-29)43(37,42(44)49)32-13-7-5-8-14-32/h5-26,37-38H,4H2,1-3H3/t37-,38-,43+,44+/m1/s1. The van der Waals surface area contributed by atoms with Gasteiger partial charge in [0.1, 0.15) is 0 Å². The molecule has 0 N–H and O–H groups in total. The smallest absolute Gasteiger partial charge is 0.338 e. The summed E-state index contributed by atoms with van der Waals surface area (Å²) in [6, 6.07) is 41.5. The van der Waals surface area contributed by atoms with Crippen LogP contribution in [-0.4, -0.2) is 30.2 Å². The van der Waals surface area contributed by atoms with Crippen molar-refractivity contribution in [1.29, 1.82) is 0 Å². The zero-order valence-corrected chi connectivity index (χ0v) is 28.1. The number of Topliss-reactive ketones (excluding diaryl/α,β-unsaturated/α-hetero) is 1. The second kappa shape index (κ2) is 11.6. The molecule has 6 nitrogen and oxygen atoms in total. The van der Waals surface area contributed by atoms with Crippen molar-refractivity contribution in [3.05, 3.63) is 172 Å². The average molecular weight is 658 g/mol. The molecule has 50 heavy (non-hydrogen) atoms. The Morgan fingerprint density at radius 3 is 1.52 bits per heavy atom. The molecule has 0 spiro atoms. The number of allylic oxidation sites excluding steroid dienone is 2. The first-order valence-electron chi connectivity index (χ1n) is 17.0. The van der Waals surface area contributed by atoms with E-state index in [1.807, 2.05) is 123 Å². The van der Waals surface area contributed by atoms with E-state index in [-0.39, 0.29) is 23.6 Å². The fourth-order valence-corrected chi connectivity index (χ4v) is 8.81. The summed E-state index contributed by atoms with van der Waals surface area (Å²) in [7, 11) is 0. The lowest BCUT2D eigenvalue weighted by molar-refractivity contribution is -0.130. The topological polar surface area (TPSA) is 80.8 Å². The first kappa shape index (κ1) is 31.4. The van der Waals surface area contributed by atoms with E-state index in [1.54, 1.807) is 25.1 Å². The number of imide groups is 1. The Bertz CT molecular complexity index is 2100. The Kier molecular flexibility index (Phi) is 7.30. The van der Waals surface area contributed by atoms with Crippen molar-refractivity contribution in [2.75, 3.05) is 11.5 Å². The number of benzene rings is 5. The second-order valence-corrected chi connectivity index (χ2v) is 13.4. The maximum Gasteiger partial charge on any atom is 0.338 e. The van der Waals surface area contributed by atoms with Crippen LogP contribution in [0.1, 0.15) is 50.7 Å². The normalized spacial score (nSPS) is 23.8. The monoisotopic (exact) mass is 657 g/mol. The van der Waals surface area contributed by atoms with Gasteiger partial charge in [0.05, 0.1) is 40.5 Å². The van der Waals surface area contributed by atoms with Gasteiger partial charge in [-0.2, -0.15) is 0 Å². The van der Waals surface area contributed by atoms with Crippen LogP contribution in [0, 0.1) is 25.7 Å². The number of carbonyl (C=O) groups excluding carboxylic acids is 4. The molecule has 1 saturated carbocycles. The summed E-state index contributed by atoms with van der Waals surface area (Å²) in [5.74, 6) is -3.77. The summed E-state index contributed by atoms with van der Waals surface area (Å²) in [5, 5.41) is 0. The predicted octanol–water partition coefficient (Wildman–Crippen LogP) is 7.67. The number of ketones is 1. The second-order valence-electron chi connectivity index (χ2n) is 13.4. The van der Waals surface area contributed by atoms with Gasteiger partial charge in [0.15, 0.2) is 5.78 Å². The first-order valence-corrected chi connectivity index (χ1v) is 17.0. The molecule has 1 aliphatic heterocycles. The van der Waals surface area contributed by atoms with E-state index in [0.29, 0.717) is 11.1 Å². The molecule has 5 aromatic rings. The van der Waals surface area contributed by atoms with Crippen molar-refractivity contribution in [3.8, 4) is 0 Å². The molecule has 2 bridgehead atoms. The number of amides is 2. The Balaban J connectivity index is 1.50. The van der Waals surface area contributed by atoms with Crippen molar-refractivity contribution in [2.45, 2.75) is 31.6 Å². The van der Waals surface area contributed by atoms with Gasteiger partial charge in [-0.3, -0.25) is 14.4 Å². The van der Waals surface area contributed by atoms with Crippen LogP contribution in [0.2, 0.25) is 0 Å². The fourth-order valence-electron chi connectivity index (χ4n) is 8.81. The molecular weight excluding hydrogens is 622 g/mol. The first-order chi connectivity index (χ1) is 24.3. The molecule has 0 radical (unpaired) electrons. The summed E-state index contributed by atoms with van der Waals surface area (Å²) >= 11 is 0. The molecule has 2 aliphatic carbocycles. The molecule has 6 heteroatoms. The van der Waals surface area contributed by atoms with Gasteiger partial charge < -0.3 is 4.74 Å². The molecule has 0 unspecified atom stereocenters. The Hall–Kier alpha value is -5.88. The van der Waals surface area contributed by atoms with Crippen molar-refractivity contribution in [1.82, 2.24) is 0 Å². The number of hydrogen-bond donors (Lipinski definition) is 0. The molecule has 0 aromatic heterocycles. The van der Waals surface area contributed by atoms with Crippen LogP contribution in [0.3, 0.4) is 0 Å². The summed E-state index contributed by atoms with van der Waals surface area (Å²) < 4.78 is 5.24. The fraction of sp³-hybridized carbons (Fsp3) is 0.182. The maximum absolute atomic E-state index is 16.1. The minimum atomic E-state index is -1.50. The highest BCUT2D eigenvalue weighted by Crippen LogP contribution is 2.74. The van der Waals surface area contributed by atoms with Gasteiger partial charge in [0, 0.05) is 0 Å². The number of carbonyl (C=O) groups is 4. The summed E-state index contributed by atoms with van der Waals surface area (Å²) in [4.78, 5) is 60.5. The number of esters is 1.